The van der Waals surface area contributed by atoms with Gasteiger partial charge >= 0.3 is 0 Å². The topological polar surface area (TPSA) is 78.2 Å². The molecule has 0 aliphatic carbocycles. The Labute approximate surface area is 134 Å². The first kappa shape index (κ1) is 15.0. The van der Waals surface area contributed by atoms with Crippen molar-refractivity contribution in [1.29, 1.82) is 5.26 Å². The second-order valence-electron chi connectivity index (χ2n) is 5.15. The molecule has 0 spiro atoms. The molecule has 23 heavy (non-hydrogen) atoms. The lowest BCUT2D eigenvalue weighted by atomic mass is 10.2. The summed E-state index contributed by atoms with van der Waals surface area (Å²) in [6, 6.07) is 11.1. The average molecular weight is 308 g/mol. The van der Waals surface area contributed by atoms with Crippen LogP contribution in [0.15, 0.2) is 42.7 Å². The summed E-state index contributed by atoms with van der Waals surface area (Å²) in [6.45, 7) is 2.31. The quantitative estimate of drug-likeness (QED) is 0.940. The Hall–Kier alpha value is -2.91. The number of nitriles is 1. The minimum atomic E-state index is -0.0574. The molecule has 0 saturated carbocycles. The van der Waals surface area contributed by atoms with Crippen molar-refractivity contribution >= 4 is 17.3 Å². The molecule has 6 nitrogen and oxygen atoms in total. The van der Waals surface area contributed by atoms with E-state index in [-0.39, 0.29) is 5.91 Å². The van der Waals surface area contributed by atoms with E-state index in [0.29, 0.717) is 48.8 Å². The van der Waals surface area contributed by atoms with Crippen LogP contribution in [0.3, 0.4) is 0 Å². The molecule has 1 saturated heterocycles. The Balaban J connectivity index is 1.80. The molecular formula is C17H16N4O2. The van der Waals surface area contributed by atoms with Crippen molar-refractivity contribution in [1.82, 2.24) is 9.88 Å². The number of para-hydroxylation sites is 1. The van der Waals surface area contributed by atoms with Crippen molar-refractivity contribution in [2.24, 2.45) is 0 Å². The van der Waals surface area contributed by atoms with Gasteiger partial charge in [0, 0.05) is 19.3 Å². The van der Waals surface area contributed by atoms with Gasteiger partial charge in [0.25, 0.3) is 5.91 Å². The van der Waals surface area contributed by atoms with Crippen LogP contribution in [-0.2, 0) is 4.74 Å². The van der Waals surface area contributed by atoms with Gasteiger partial charge < -0.3 is 15.0 Å². The normalized spacial score (nSPS) is 14.1. The fraction of sp³-hybridized carbons (Fsp3) is 0.235. The Morgan fingerprint density at radius 1 is 1.26 bits per heavy atom. The molecule has 1 aromatic carbocycles. The number of nitrogens with one attached hydrogen (secondary N) is 1. The third kappa shape index (κ3) is 3.47. The lowest BCUT2D eigenvalue weighted by Gasteiger charge is -2.26. The number of amides is 1. The third-order valence-electron chi connectivity index (χ3n) is 3.61. The van der Waals surface area contributed by atoms with Crippen LogP contribution in [0.4, 0.5) is 11.4 Å². The summed E-state index contributed by atoms with van der Waals surface area (Å²) in [5.41, 5.74) is 2.42. The number of hydrogen-bond donors (Lipinski definition) is 1. The molecule has 0 unspecified atom stereocenters. The average Bonchev–Trinajstić information content (AvgIpc) is 2.62. The van der Waals surface area contributed by atoms with Gasteiger partial charge in [0.05, 0.1) is 41.9 Å². The monoisotopic (exact) mass is 308 g/mol. The van der Waals surface area contributed by atoms with E-state index >= 15 is 0 Å². The fourth-order valence-corrected chi connectivity index (χ4v) is 2.42. The number of benzene rings is 1. The summed E-state index contributed by atoms with van der Waals surface area (Å²) in [4.78, 5) is 18.4. The first-order chi connectivity index (χ1) is 11.3. The molecule has 116 valence electrons. The standard InChI is InChI=1S/C17H16N4O2/c18-10-13-3-1-2-4-16(13)20-15-9-14(11-19-12-15)17(22)21-5-7-23-8-6-21/h1-4,9,11-12,20H,5-8H2. The highest BCUT2D eigenvalue weighted by Crippen LogP contribution is 2.20. The highest BCUT2D eigenvalue weighted by molar-refractivity contribution is 5.95. The van der Waals surface area contributed by atoms with Crippen LogP contribution in [0.1, 0.15) is 15.9 Å². The number of nitrogens with zero attached hydrogens (tertiary/aromatic N) is 3. The molecule has 2 aromatic rings. The molecule has 6 heteroatoms. The molecular weight excluding hydrogens is 292 g/mol. The summed E-state index contributed by atoms with van der Waals surface area (Å²) < 4.78 is 5.26. The number of carbonyl (C=O) groups excluding carboxylic acids is 1. The number of carbonyl (C=O) groups is 1. The minimum Gasteiger partial charge on any atom is -0.378 e. The molecule has 0 bridgehead atoms. The predicted octanol–water partition coefficient (Wildman–Crippen LogP) is 2.17. The second-order valence-corrected chi connectivity index (χ2v) is 5.15. The highest BCUT2D eigenvalue weighted by atomic mass is 16.5. The van der Waals surface area contributed by atoms with Gasteiger partial charge in [-0.2, -0.15) is 5.26 Å². The zero-order valence-electron chi connectivity index (χ0n) is 12.5. The lowest BCUT2D eigenvalue weighted by Crippen LogP contribution is -2.40. The van der Waals surface area contributed by atoms with Crippen LogP contribution in [-0.4, -0.2) is 42.1 Å². The zero-order valence-corrected chi connectivity index (χ0v) is 12.5. The molecule has 1 N–H and O–H groups in total. The molecule has 0 atom stereocenters. The summed E-state index contributed by atoms with van der Waals surface area (Å²) in [6.07, 6.45) is 3.18. The van der Waals surface area contributed by atoms with Crippen LogP contribution in [0.25, 0.3) is 0 Å². The van der Waals surface area contributed by atoms with Crippen molar-refractivity contribution in [2.45, 2.75) is 0 Å². The van der Waals surface area contributed by atoms with Gasteiger partial charge in [-0.3, -0.25) is 9.78 Å². The number of rotatable bonds is 3. The highest BCUT2D eigenvalue weighted by Gasteiger charge is 2.19. The third-order valence-corrected chi connectivity index (χ3v) is 3.61. The van der Waals surface area contributed by atoms with E-state index in [9.17, 15) is 4.79 Å². The Kier molecular flexibility index (Phi) is 4.50. The van der Waals surface area contributed by atoms with E-state index in [2.05, 4.69) is 16.4 Å². The van der Waals surface area contributed by atoms with Gasteiger partial charge in [0.1, 0.15) is 6.07 Å². The van der Waals surface area contributed by atoms with Gasteiger partial charge in [0.2, 0.25) is 0 Å². The maximum Gasteiger partial charge on any atom is 0.255 e. The Morgan fingerprint density at radius 3 is 2.83 bits per heavy atom. The molecule has 1 aliphatic rings. The number of hydrogen-bond acceptors (Lipinski definition) is 5. The van der Waals surface area contributed by atoms with Crippen molar-refractivity contribution in [3.05, 3.63) is 53.9 Å². The summed E-state index contributed by atoms with van der Waals surface area (Å²) in [5.74, 6) is -0.0574. The summed E-state index contributed by atoms with van der Waals surface area (Å²) >= 11 is 0. The molecule has 0 radical (unpaired) electrons. The number of morpholine rings is 1. The van der Waals surface area contributed by atoms with Gasteiger partial charge in [-0.05, 0) is 18.2 Å². The number of anilines is 2. The molecule has 2 heterocycles. The largest absolute Gasteiger partial charge is 0.378 e. The fourth-order valence-electron chi connectivity index (χ4n) is 2.42. The van der Waals surface area contributed by atoms with Crippen molar-refractivity contribution in [3.63, 3.8) is 0 Å². The Morgan fingerprint density at radius 2 is 2.04 bits per heavy atom. The zero-order chi connectivity index (χ0) is 16.1. The van der Waals surface area contributed by atoms with Crippen LogP contribution in [0, 0.1) is 11.3 Å². The lowest BCUT2D eigenvalue weighted by molar-refractivity contribution is 0.0302. The van der Waals surface area contributed by atoms with Crippen LogP contribution < -0.4 is 5.32 Å². The Bertz CT molecular complexity index is 748. The van der Waals surface area contributed by atoms with E-state index < -0.39 is 0 Å². The molecule has 1 aliphatic heterocycles. The SMILES string of the molecule is N#Cc1ccccc1Nc1cncc(C(=O)N2CCOCC2)c1. The number of aromatic nitrogens is 1. The summed E-state index contributed by atoms with van der Waals surface area (Å²) in [7, 11) is 0. The van der Waals surface area contributed by atoms with E-state index in [1.807, 2.05) is 12.1 Å². The van der Waals surface area contributed by atoms with Gasteiger partial charge in [-0.1, -0.05) is 12.1 Å². The van der Waals surface area contributed by atoms with E-state index in [1.54, 1.807) is 35.5 Å². The van der Waals surface area contributed by atoms with Crippen molar-refractivity contribution < 1.29 is 9.53 Å². The van der Waals surface area contributed by atoms with E-state index in [1.165, 1.54) is 0 Å². The van der Waals surface area contributed by atoms with Gasteiger partial charge in [-0.15, -0.1) is 0 Å². The first-order valence-electron chi connectivity index (χ1n) is 7.36. The van der Waals surface area contributed by atoms with Gasteiger partial charge in [0.15, 0.2) is 0 Å². The molecule has 1 aromatic heterocycles. The molecule has 3 rings (SSSR count). The van der Waals surface area contributed by atoms with E-state index in [4.69, 9.17) is 10.00 Å². The number of ether oxygens (including phenoxy) is 1. The maximum atomic E-state index is 12.5. The van der Waals surface area contributed by atoms with Crippen molar-refractivity contribution in [2.75, 3.05) is 31.6 Å². The second kappa shape index (κ2) is 6.90. The minimum absolute atomic E-state index is 0.0574. The predicted molar refractivity (Wildman–Crippen MR) is 85.4 cm³/mol. The van der Waals surface area contributed by atoms with Crippen LogP contribution in [0.5, 0.6) is 0 Å². The maximum absolute atomic E-state index is 12.5. The molecule has 1 fully saturated rings. The van der Waals surface area contributed by atoms with E-state index in [0.717, 1.165) is 0 Å². The van der Waals surface area contributed by atoms with Crippen LogP contribution in [0.2, 0.25) is 0 Å². The summed E-state index contributed by atoms with van der Waals surface area (Å²) in [5, 5.41) is 12.3. The van der Waals surface area contributed by atoms with Crippen molar-refractivity contribution in [3.8, 4) is 6.07 Å². The van der Waals surface area contributed by atoms with Gasteiger partial charge in [-0.25, -0.2) is 0 Å². The smallest absolute Gasteiger partial charge is 0.255 e. The van der Waals surface area contributed by atoms with Crippen LogP contribution >= 0.6 is 0 Å². The molecule has 1 amide bonds. The number of pyridine rings is 1. The first-order valence-corrected chi connectivity index (χ1v) is 7.36.